The lowest BCUT2D eigenvalue weighted by atomic mass is 9.77. The zero-order valence-electron chi connectivity index (χ0n) is 18.3. The Hall–Kier alpha value is -2.35. The zero-order chi connectivity index (χ0) is 20.7. The van der Waals surface area contributed by atoms with Gasteiger partial charge in [0, 0.05) is 11.1 Å². The van der Waals surface area contributed by atoms with Crippen LogP contribution in [0.15, 0.2) is 48.5 Å². The number of rotatable bonds is 3. The highest BCUT2D eigenvalue weighted by molar-refractivity contribution is 5.78. The Morgan fingerprint density at radius 3 is 2.00 bits per heavy atom. The maximum Gasteiger partial charge on any atom is 0.123 e. The van der Waals surface area contributed by atoms with E-state index in [1.807, 2.05) is 12.1 Å². The van der Waals surface area contributed by atoms with E-state index in [1.165, 1.54) is 10.9 Å². The predicted molar refractivity (Wildman–Crippen MR) is 119 cm³/mol. The second kappa shape index (κ2) is 7.24. The van der Waals surface area contributed by atoms with Crippen molar-refractivity contribution in [2.24, 2.45) is 0 Å². The molecule has 2 heteroatoms. The van der Waals surface area contributed by atoms with Crippen LogP contribution in [-0.2, 0) is 17.3 Å². The van der Waals surface area contributed by atoms with Gasteiger partial charge in [-0.15, -0.1) is 0 Å². The first-order chi connectivity index (χ1) is 13.0. The summed E-state index contributed by atoms with van der Waals surface area (Å²) in [5, 5.41) is 12.1. The van der Waals surface area contributed by atoms with Crippen molar-refractivity contribution in [3.63, 3.8) is 0 Å². The fourth-order valence-corrected chi connectivity index (χ4v) is 3.74. The number of para-hydroxylation sites is 1. The van der Waals surface area contributed by atoms with Crippen LogP contribution in [0.5, 0.6) is 5.75 Å². The molecule has 148 valence electrons. The number of fused-ring (bicyclic) bond motifs is 1. The number of phenolic OH excluding ortho intramolecular Hbond substituents is 1. The van der Waals surface area contributed by atoms with Crippen LogP contribution in [0, 0.1) is 0 Å². The van der Waals surface area contributed by atoms with E-state index in [2.05, 4.69) is 84.9 Å². The topological polar surface area (TPSA) is 33.1 Å². The fourth-order valence-electron chi connectivity index (χ4n) is 3.74. The van der Waals surface area contributed by atoms with Gasteiger partial charge in [0.05, 0.1) is 5.52 Å². The molecule has 1 aromatic heterocycles. The molecule has 0 aliphatic carbocycles. The summed E-state index contributed by atoms with van der Waals surface area (Å²) in [6, 6.07) is 16.9. The van der Waals surface area contributed by atoms with Gasteiger partial charge >= 0.3 is 0 Å². The highest BCUT2D eigenvalue weighted by Crippen LogP contribution is 2.41. The van der Waals surface area contributed by atoms with Gasteiger partial charge in [0.25, 0.3) is 0 Å². The minimum Gasteiger partial charge on any atom is -0.507 e. The summed E-state index contributed by atoms with van der Waals surface area (Å²) in [5.41, 5.74) is 5.24. The van der Waals surface area contributed by atoms with E-state index in [0.29, 0.717) is 11.7 Å². The zero-order valence-corrected chi connectivity index (χ0v) is 18.3. The number of benzene rings is 2. The molecule has 1 N–H and O–H groups in total. The smallest absolute Gasteiger partial charge is 0.123 e. The highest BCUT2D eigenvalue weighted by atomic mass is 16.3. The number of hydrogen-bond acceptors (Lipinski definition) is 2. The molecule has 2 nitrogen and oxygen atoms in total. The van der Waals surface area contributed by atoms with Gasteiger partial charge in [0.1, 0.15) is 5.75 Å². The monoisotopic (exact) mass is 375 g/mol. The summed E-state index contributed by atoms with van der Waals surface area (Å²) in [7, 11) is 0. The van der Waals surface area contributed by atoms with Crippen LogP contribution in [0.3, 0.4) is 0 Å². The van der Waals surface area contributed by atoms with Crippen molar-refractivity contribution in [1.29, 1.82) is 0 Å². The molecule has 0 saturated heterocycles. The van der Waals surface area contributed by atoms with Gasteiger partial charge in [0.15, 0.2) is 0 Å². The average molecular weight is 376 g/mol. The quantitative estimate of drug-likeness (QED) is 0.541. The first-order valence-corrected chi connectivity index (χ1v) is 10.2. The summed E-state index contributed by atoms with van der Waals surface area (Å²) in [5.74, 6) is 0.760. The summed E-state index contributed by atoms with van der Waals surface area (Å²) in [6.07, 6.45) is 0.878. The van der Waals surface area contributed by atoms with Crippen LogP contribution >= 0.6 is 0 Å². The molecular weight excluding hydrogens is 342 g/mol. The number of aromatic hydroxyl groups is 1. The molecule has 0 aliphatic heterocycles. The number of hydrogen-bond donors (Lipinski definition) is 1. The second-order valence-corrected chi connectivity index (χ2v) is 10.1. The van der Waals surface area contributed by atoms with Gasteiger partial charge in [-0.05, 0) is 52.0 Å². The Morgan fingerprint density at radius 2 is 1.43 bits per heavy atom. The molecule has 1 unspecified atom stereocenters. The van der Waals surface area contributed by atoms with Crippen molar-refractivity contribution in [2.45, 2.75) is 71.6 Å². The molecule has 0 fully saturated rings. The third-order valence-corrected chi connectivity index (χ3v) is 5.49. The van der Waals surface area contributed by atoms with Gasteiger partial charge in [-0.1, -0.05) is 84.9 Å². The van der Waals surface area contributed by atoms with Crippen molar-refractivity contribution in [3.8, 4) is 5.75 Å². The Morgan fingerprint density at radius 1 is 0.857 bits per heavy atom. The maximum atomic E-state index is 11.0. The van der Waals surface area contributed by atoms with E-state index in [4.69, 9.17) is 4.98 Å². The lowest BCUT2D eigenvalue weighted by molar-refractivity contribution is 0.422. The van der Waals surface area contributed by atoms with Crippen molar-refractivity contribution in [1.82, 2.24) is 4.98 Å². The van der Waals surface area contributed by atoms with Crippen molar-refractivity contribution in [3.05, 3.63) is 70.9 Å². The average Bonchev–Trinajstić information content (AvgIpc) is 2.59. The van der Waals surface area contributed by atoms with E-state index in [9.17, 15) is 5.11 Å². The van der Waals surface area contributed by atoms with E-state index < -0.39 is 0 Å². The largest absolute Gasteiger partial charge is 0.507 e. The van der Waals surface area contributed by atoms with Gasteiger partial charge in [-0.25, -0.2) is 0 Å². The fraction of sp³-hybridized carbons (Fsp3) is 0.423. The summed E-state index contributed by atoms with van der Waals surface area (Å²) >= 11 is 0. The van der Waals surface area contributed by atoms with Crippen molar-refractivity contribution >= 4 is 10.9 Å². The SMILES string of the molecule is CC(Cc1ccc2ccccc2n1)c1cc(C(C)(C)C)c(O)c(C(C)(C)C)c1. The summed E-state index contributed by atoms with van der Waals surface area (Å²) < 4.78 is 0. The third-order valence-electron chi connectivity index (χ3n) is 5.49. The molecule has 0 aliphatic rings. The van der Waals surface area contributed by atoms with Gasteiger partial charge < -0.3 is 5.11 Å². The van der Waals surface area contributed by atoms with E-state index in [-0.39, 0.29) is 10.8 Å². The molecule has 2 aromatic carbocycles. The van der Waals surface area contributed by atoms with E-state index in [0.717, 1.165) is 28.8 Å². The van der Waals surface area contributed by atoms with Crippen LogP contribution in [-0.4, -0.2) is 10.1 Å². The Kier molecular flexibility index (Phi) is 5.27. The van der Waals surface area contributed by atoms with E-state index in [1.54, 1.807) is 0 Å². The van der Waals surface area contributed by atoms with Crippen LogP contribution < -0.4 is 0 Å². The first kappa shape index (κ1) is 20.4. The van der Waals surface area contributed by atoms with Crippen molar-refractivity contribution in [2.75, 3.05) is 0 Å². The molecule has 0 saturated carbocycles. The molecule has 28 heavy (non-hydrogen) atoms. The third kappa shape index (κ3) is 4.22. The Bertz CT molecular complexity index is 954. The molecule has 0 amide bonds. The van der Waals surface area contributed by atoms with Gasteiger partial charge in [0.2, 0.25) is 0 Å². The maximum absolute atomic E-state index is 11.0. The Labute approximate surface area is 169 Å². The van der Waals surface area contributed by atoms with Crippen LogP contribution in [0.4, 0.5) is 0 Å². The minimum atomic E-state index is -0.110. The van der Waals surface area contributed by atoms with Crippen LogP contribution in [0.25, 0.3) is 10.9 Å². The number of aromatic nitrogens is 1. The highest BCUT2D eigenvalue weighted by Gasteiger charge is 2.27. The number of phenols is 1. The molecule has 0 bridgehead atoms. The molecule has 0 radical (unpaired) electrons. The molecule has 3 aromatic rings. The number of nitrogens with zero attached hydrogens (tertiary/aromatic N) is 1. The van der Waals surface area contributed by atoms with Gasteiger partial charge in [-0.3, -0.25) is 4.98 Å². The Balaban J connectivity index is 2.01. The summed E-state index contributed by atoms with van der Waals surface area (Å²) in [6.45, 7) is 15.2. The van der Waals surface area contributed by atoms with Crippen LogP contribution in [0.2, 0.25) is 0 Å². The normalized spacial score (nSPS) is 13.7. The minimum absolute atomic E-state index is 0.110. The molecule has 1 atom stereocenters. The summed E-state index contributed by atoms with van der Waals surface area (Å²) in [4.78, 5) is 4.85. The lowest BCUT2D eigenvalue weighted by Crippen LogP contribution is -2.18. The molecule has 1 heterocycles. The molecule has 3 rings (SSSR count). The molecule has 0 spiro atoms. The lowest BCUT2D eigenvalue weighted by Gasteiger charge is -2.29. The molecular formula is C26H33NO. The standard InChI is InChI=1S/C26H33NO/c1-17(14-20-13-12-18-10-8-9-11-23(18)27-20)19-15-21(25(2,3)4)24(28)22(16-19)26(5,6)7/h8-13,15-17,28H,14H2,1-7H3. The predicted octanol–water partition coefficient (Wildman–Crippen LogP) is 6.88. The van der Waals surface area contributed by atoms with Gasteiger partial charge in [-0.2, -0.15) is 0 Å². The van der Waals surface area contributed by atoms with Crippen molar-refractivity contribution < 1.29 is 5.11 Å². The second-order valence-electron chi connectivity index (χ2n) is 10.1. The number of pyridine rings is 1. The van der Waals surface area contributed by atoms with Crippen LogP contribution in [0.1, 0.15) is 76.8 Å². The first-order valence-electron chi connectivity index (χ1n) is 10.2. The van der Waals surface area contributed by atoms with E-state index >= 15 is 0 Å².